The monoisotopic (exact) mass is 204 g/mol. The average Bonchev–Trinajstić information content (AvgIpc) is 2.38. The number of hydrogen-bond donors (Lipinski definition) is 0. The molecule has 2 nitrogen and oxygen atoms in total. The minimum absolute atomic E-state index is 0.727. The fraction of sp³-hybridized carbons (Fsp3) is 0. The van der Waals surface area contributed by atoms with E-state index < -0.39 is 0 Å². The zero-order chi connectivity index (χ0) is 11.4. The highest BCUT2D eigenvalue weighted by Crippen LogP contribution is 2.24. The fourth-order valence-corrected chi connectivity index (χ4v) is 1.49. The topological polar surface area (TPSA) is 25.8 Å². The molecule has 0 atom stereocenters. The number of nitrogens with zero attached hydrogens (tertiary/aromatic N) is 2. The lowest BCUT2D eigenvalue weighted by atomic mass is 9.99. The van der Waals surface area contributed by atoms with Crippen molar-refractivity contribution in [1.29, 1.82) is 0 Å². The van der Waals surface area contributed by atoms with E-state index >= 15 is 0 Å². The second-order valence-electron chi connectivity index (χ2n) is 3.13. The molecular weight excluding hydrogens is 196 g/mol. The number of aromatic nitrogens is 2. The van der Waals surface area contributed by atoms with Gasteiger partial charge in [-0.3, -0.25) is 9.97 Å². The normalized spacial score (nSPS) is 9.12. The molecule has 0 amide bonds. The molecule has 2 heterocycles. The summed E-state index contributed by atoms with van der Waals surface area (Å²) in [7, 11) is 0. The third kappa shape index (κ3) is 1.65. The van der Waals surface area contributed by atoms with Crippen molar-refractivity contribution >= 4 is 0 Å². The summed E-state index contributed by atoms with van der Waals surface area (Å²) < 4.78 is 0. The lowest BCUT2D eigenvalue weighted by Gasteiger charge is -2.06. The van der Waals surface area contributed by atoms with Gasteiger partial charge in [0.1, 0.15) is 0 Å². The van der Waals surface area contributed by atoms with Crippen LogP contribution >= 0.6 is 0 Å². The van der Waals surface area contributed by atoms with Gasteiger partial charge in [-0.25, -0.2) is 0 Å². The first-order chi connectivity index (χ1) is 7.86. The Morgan fingerprint density at radius 2 is 1.25 bits per heavy atom. The van der Waals surface area contributed by atoms with Gasteiger partial charge >= 0.3 is 0 Å². The van der Waals surface area contributed by atoms with Gasteiger partial charge in [0.2, 0.25) is 0 Å². The quantitative estimate of drug-likeness (QED) is 0.665. The molecule has 0 saturated heterocycles. The highest BCUT2D eigenvalue weighted by molar-refractivity contribution is 5.75. The zero-order valence-corrected chi connectivity index (χ0v) is 8.51. The molecule has 74 valence electrons. The van der Waals surface area contributed by atoms with E-state index in [1.54, 1.807) is 24.8 Å². The summed E-state index contributed by atoms with van der Waals surface area (Å²) in [5.41, 5.74) is 3.27. The summed E-state index contributed by atoms with van der Waals surface area (Å²) in [6, 6.07) is 3.71. The summed E-state index contributed by atoms with van der Waals surface area (Å²) in [4.78, 5) is 7.97. The maximum absolute atomic E-state index is 5.42. The minimum atomic E-state index is 0.727. The van der Waals surface area contributed by atoms with E-state index in [-0.39, 0.29) is 0 Å². The molecular formula is C14H8N2. The van der Waals surface area contributed by atoms with Crippen LogP contribution in [0.15, 0.2) is 36.9 Å². The lowest BCUT2D eigenvalue weighted by Crippen LogP contribution is -1.90. The fourth-order valence-electron chi connectivity index (χ4n) is 1.49. The molecule has 0 aliphatic heterocycles. The Balaban J connectivity index is 2.70. The SMILES string of the molecule is C#Cc1cnccc1-c1ccncc1C#C. The minimum Gasteiger partial charge on any atom is -0.263 e. The maximum atomic E-state index is 5.42. The molecule has 2 heteroatoms. The van der Waals surface area contributed by atoms with Crippen LogP contribution in [0.5, 0.6) is 0 Å². The third-order valence-corrected chi connectivity index (χ3v) is 2.24. The highest BCUT2D eigenvalue weighted by atomic mass is 14.6. The van der Waals surface area contributed by atoms with E-state index in [0.717, 1.165) is 22.3 Å². The molecule has 0 spiro atoms. The summed E-state index contributed by atoms with van der Waals surface area (Å²) in [6.07, 6.45) is 17.5. The largest absolute Gasteiger partial charge is 0.263 e. The summed E-state index contributed by atoms with van der Waals surface area (Å²) >= 11 is 0. The van der Waals surface area contributed by atoms with E-state index in [9.17, 15) is 0 Å². The third-order valence-electron chi connectivity index (χ3n) is 2.24. The van der Waals surface area contributed by atoms with Crippen LogP contribution in [0.25, 0.3) is 11.1 Å². The van der Waals surface area contributed by atoms with Crippen LogP contribution in [-0.4, -0.2) is 9.97 Å². The van der Waals surface area contributed by atoms with Crippen molar-refractivity contribution in [3.05, 3.63) is 48.0 Å². The van der Waals surface area contributed by atoms with Gasteiger partial charge in [0.15, 0.2) is 0 Å². The van der Waals surface area contributed by atoms with E-state index in [0.29, 0.717) is 0 Å². The number of rotatable bonds is 1. The van der Waals surface area contributed by atoms with Crippen molar-refractivity contribution in [2.75, 3.05) is 0 Å². The second-order valence-corrected chi connectivity index (χ2v) is 3.13. The molecule has 16 heavy (non-hydrogen) atoms. The predicted octanol–water partition coefficient (Wildman–Crippen LogP) is 2.11. The van der Waals surface area contributed by atoms with Gasteiger partial charge in [-0.15, -0.1) is 12.8 Å². The van der Waals surface area contributed by atoms with Crippen LogP contribution in [-0.2, 0) is 0 Å². The molecule has 2 rings (SSSR count). The Kier molecular flexibility index (Phi) is 2.67. The van der Waals surface area contributed by atoms with Crippen LogP contribution < -0.4 is 0 Å². The van der Waals surface area contributed by atoms with Crippen molar-refractivity contribution in [2.24, 2.45) is 0 Å². The molecule has 0 bridgehead atoms. The molecule has 0 fully saturated rings. The molecule has 2 aromatic rings. The number of terminal acetylenes is 2. The first kappa shape index (κ1) is 9.96. The van der Waals surface area contributed by atoms with Gasteiger partial charge in [0.05, 0.1) is 11.1 Å². The summed E-state index contributed by atoms with van der Waals surface area (Å²) in [5.74, 6) is 5.19. The van der Waals surface area contributed by atoms with Gasteiger partial charge in [-0.2, -0.15) is 0 Å². The van der Waals surface area contributed by atoms with E-state index in [1.165, 1.54) is 0 Å². The molecule has 0 N–H and O–H groups in total. The van der Waals surface area contributed by atoms with Crippen LogP contribution in [0, 0.1) is 24.7 Å². The summed E-state index contributed by atoms with van der Waals surface area (Å²) in [6.45, 7) is 0. The standard InChI is InChI=1S/C14H8N2/c1-3-11-9-15-7-5-13(11)14-6-8-16-10-12(14)4-2/h1-2,5-10H. The Hall–Kier alpha value is -2.58. The van der Waals surface area contributed by atoms with Crippen molar-refractivity contribution in [1.82, 2.24) is 9.97 Å². The second kappa shape index (κ2) is 4.29. The average molecular weight is 204 g/mol. The van der Waals surface area contributed by atoms with Crippen LogP contribution in [0.1, 0.15) is 11.1 Å². The first-order valence-electron chi connectivity index (χ1n) is 4.68. The van der Waals surface area contributed by atoms with Crippen molar-refractivity contribution in [2.45, 2.75) is 0 Å². The number of hydrogen-bond acceptors (Lipinski definition) is 2. The van der Waals surface area contributed by atoms with Crippen LogP contribution in [0.4, 0.5) is 0 Å². The van der Waals surface area contributed by atoms with Gasteiger partial charge < -0.3 is 0 Å². The molecule has 0 aliphatic rings. The molecule has 0 aromatic carbocycles. The van der Waals surface area contributed by atoms with E-state index in [1.807, 2.05) is 12.1 Å². The van der Waals surface area contributed by atoms with Crippen LogP contribution in [0.2, 0.25) is 0 Å². The Morgan fingerprint density at radius 1 is 0.812 bits per heavy atom. The summed E-state index contributed by atoms with van der Waals surface area (Å²) in [5, 5.41) is 0. The van der Waals surface area contributed by atoms with Gasteiger partial charge in [0, 0.05) is 35.9 Å². The van der Waals surface area contributed by atoms with Gasteiger partial charge in [-0.1, -0.05) is 11.8 Å². The molecule has 0 radical (unpaired) electrons. The molecule has 0 aliphatic carbocycles. The molecule has 0 saturated carbocycles. The predicted molar refractivity (Wildman–Crippen MR) is 63.3 cm³/mol. The van der Waals surface area contributed by atoms with Gasteiger partial charge in [-0.05, 0) is 12.1 Å². The maximum Gasteiger partial charge on any atom is 0.0504 e. The smallest absolute Gasteiger partial charge is 0.0504 e. The van der Waals surface area contributed by atoms with E-state index in [4.69, 9.17) is 12.8 Å². The van der Waals surface area contributed by atoms with Crippen molar-refractivity contribution < 1.29 is 0 Å². The Morgan fingerprint density at radius 3 is 1.62 bits per heavy atom. The van der Waals surface area contributed by atoms with Gasteiger partial charge in [0.25, 0.3) is 0 Å². The molecule has 2 aromatic heterocycles. The van der Waals surface area contributed by atoms with Crippen molar-refractivity contribution in [3.8, 4) is 35.8 Å². The van der Waals surface area contributed by atoms with Crippen LogP contribution in [0.3, 0.4) is 0 Å². The van der Waals surface area contributed by atoms with Crippen molar-refractivity contribution in [3.63, 3.8) is 0 Å². The lowest BCUT2D eigenvalue weighted by molar-refractivity contribution is 1.29. The Bertz CT molecular complexity index is 545. The Labute approximate surface area is 94.4 Å². The number of pyridine rings is 2. The first-order valence-corrected chi connectivity index (χ1v) is 4.68. The zero-order valence-electron chi connectivity index (χ0n) is 8.51. The molecule has 0 unspecified atom stereocenters. The highest BCUT2D eigenvalue weighted by Gasteiger charge is 2.06. The van der Waals surface area contributed by atoms with E-state index in [2.05, 4.69) is 21.8 Å².